The van der Waals surface area contributed by atoms with E-state index in [-0.39, 0.29) is 12.6 Å². The van der Waals surface area contributed by atoms with Gasteiger partial charge in [0.1, 0.15) is 0 Å². The van der Waals surface area contributed by atoms with E-state index >= 15 is 0 Å². The summed E-state index contributed by atoms with van der Waals surface area (Å²) in [5.41, 5.74) is 0.869. The van der Waals surface area contributed by atoms with Crippen LogP contribution in [0.4, 0.5) is 0 Å². The van der Waals surface area contributed by atoms with Crippen LogP contribution >= 0.6 is 0 Å². The number of aliphatic hydroxyl groups is 1. The number of hydrogen-bond donors (Lipinski definition) is 2. The fraction of sp³-hybridized carbons (Fsp3) is 1.00. The highest BCUT2D eigenvalue weighted by Crippen LogP contribution is 2.62. The van der Waals surface area contributed by atoms with Gasteiger partial charge in [-0.15, -0.1) is 0 Å². The molecule has 0 radical (unpaired) electrons. The molecule has 3 unspecified atom stereocenters. The van der Waals surface area contributed by atoms with Crippen LogP contribution in [0.5, 0.6) is 0 Å². The second kappa shape index (κ2) is 3.46. The van der Waals surface area contributed by atoms with Gasteiger partial charge in [0.05, 0.1) is 6.61 Å². The zero-order chi connectivity index (χ0) is 11.3. The zero-order valence-electron chi connectivity index (χ0n) is 10.5. The first-order chi connectivity index (χ1) is 6.90. The third-order valence-corrected chi connectivity index (χ3v) is 4.99. The van der Waals surface area contributed by atoms with Crippen molar-refractivity contribution in [2.45, 2.75) is 59.0 Å². The van der Waals surface area contributed by atoms with Crippen LogP contribution in [0.25, 0.3) is 0 Å². The first kappa shape index (κ1) is 11.4. The Morgan fingerprint density at radius 3 is 2.53 bits per heavy atom. The highest BCUT2D eigenvalue weighted by molar-refractivity contribution is 5.12. The molecule has 0 aromatic rings. The molecule has 2 saturated carbocycles. The molecule has 2 bridgehead atoms. The molecule has 15 heavy (non-hydrogen) atoms. The molecular weight excluding hydrogens is 186 g/mol. The van der Waals surface area contributed by atoms with Crippen LogP contribution in [-0.2, 0) is 0 Å². The van der Waals surface area contributed by atoms with Crippen LogP contribution in [0, 0.1) is 16.7 Å². The van der Waals surface area contributed by atoms with Crippen molar-refractivity contribution in [3.8, 4) is 0 Å². The van der Waals surface area contributed by atoms with E-state index < -0.39 is 0 Å². The number of aliphatic hydroxyl groups excluding tert-OH is 1. The minimum atomic E-state index is 0.227. The molecule has 0 spiro atoms. The van der Waals surface area contributed by atoms with E-state index in [1.54, 1.807) is 0 Å². The van der Waals surface area contributed by atoms with Gasteiger partial charge in [0, 0.05) is 12.1 Å². The summed E-state index contributed by atoms with van der Waals surface area (Å²) in [6.07, 6.45) is 4.13. The SMILES string of the molecule is C[C@H](CO)NC1C2(C)CCC(C2)C1(C)C. The summed E-state index contributed by atoms with van der Waals surface area (Å²) in [4.78, 5) is 0. The maximum absolute atomic E-state index is 9.16. The fourth-order valence-corrected chi connectivity index (χ4v) is 4.06. The van der Waals surface area contributed by atoms with Gasteiger partial charge in [0.15, 0.2) is 0 Å². The van der Waals surface area contributed by atoms with Crippen LogP contribution in [-0.4, -0.2) is 23.8 Å². The smallest absolute Gasteiger partial charge is 0.0582 e. The molecule has 2 aliphatic rings. The summed E-state index contributed by atoms with van der Waals surface area (Å²) in [5.74, 6) is 0.880. The van der Waals surface area contributed by atoms with Gasteiger partial charge in [0.2, 0.25) is 0 Å². The molecular formula is C13H25NO. The minimum Gasteiger partial charge on any atom is -0.395 e. The average molecular weight is 211 g/mol. The Labute approximate surface area is 93.5 Å². The van der Waals surface area contributed by atoms with Gasteiger partial charge in [-0.05, 0) is 42.9 Å². The van der Waals surface area contributed by atoms with Crippen LogP contribution < -0.4 is 5.32 Å². The first-order valence-corrected chi connectivity index (χ1v) is 6.27. The molecule has 88 valence electrons. The van der Waals surface area contributed by atoms with Crippen molar-refractivity contribution in [3.05, 3.63) is 0 Å². The Hall–Kier alpha value is -0.0800. The van der Waals surface area contributed by atoms with Crippen molar-refractivity contribution in [2.75, 3.05) is 6.61 Å². The third kappa shape index (κ3) is 1.62. The van der Waals surface area contributed by atoms with Crippen molar-refractivity contribution in [3.63, 3.8) is 0 Å². The highest BCUT2D eigenvalue weighted by Gasteiger charge is 2.59. The Morgan fingerprint density at radius 2 is 2.07 bits per heavy atom. The van der Waals surface area contributed by atoms with Crippen molar-refractivity contribution < 1.29 is 5.11 Å². The van der Waals surface area contributed by atoms with Gasteiger partial charge >= 0.3 is 0 Å². The van der Waals surface area contributed by atoms with E-state index in [0.717, 1.165) is 5.92 Å². The Kier molecular flexibility index (Phi) is 2.63. The molecule has 2 heteroatoms. The van der Waals surface area contributed by atoms with E-state index in [1.807, 2.05) is 0 Å². The van der Waals surface area contributed by atoms with Crippen molar-refractivity contribution >= 4 is 0 Å². The van der Waals surface area contributed by atoms with Crippen LogP contribution in [0.15, 0.2) is 0 Å². The highest BCUT2D eigenvalue weighted by atomic mass is 16.3. The molecule has 2 aliphatic carbocycles. The van der Waals surface area contributed by atoms with Crippen molar-refractivity contribution in [1.82, 2.24) is 5.32 Å². The number of hydrogen-bond acceptors (Lipinski definition) is 2. The van der Waals surface area contributed by atoms with E-state index in [4.69, 9.17) is 5.11 Å². The first-order valence-electron chi connectivity index (χ1n) is 6.27. The van der Waals surface area contributed by atoms with E-state index in [9.17, 15) is 0 Å². The normalized spacial score (nSPS) is 44.6. The molecule has 4 atom stereocenters. The quantitative estimate of drug-likeness (QED) is 0.750. The van der Waals surface area contributed by atoms with E-state index in [0.29, 0.717) is 16.9 Å². The topological polar surface area (TPSA) is 32.3 Å². The average Bonchev–Trinajstić information content (AvgIpc) is 2.63. The summed E-state index contributed by atoms with van der Waals surface area (Å²) >= 11 is 0. The van der Waals surface area contributed by atoms with Crippen molar-refractivity contribution in [2.24, 2.45) is 16.7 Å². The van der Waals surface area contributed by atoms with E-state index in [2.05, 4.69) is 33.0 Å². The standard InChI is InChI=1S/C13H25NO/c1-9(8-15)14-11-12(2,3)10-5-6-13(11,4)7-10/h9-11,14-15H,5-8H2,1-4H3/t9-,10?,11?,13?/m1/s1. The summed E-state index contributed by atoms with van der Waals surface area (Å²) in [6.45, 7) is 9.52. The number of rotatable bonds is 3. The fourth-order valence-electron chi connectivity index (χ4n) is 4.06. The number of nitrogens with one attached hydrogen (secondary N) is 1. The van der Waals surface area contributed by atoms with Gasteiger partial charge in [0.25, 0.3) is 0 Å². The Balaban J connectivity index is 2.15. The van der Waals surface area contributed by atoms with Crippen LogP contribution in [0.1, 0.15) is 47.0 Å². The molecule has 2 rings (SSSR count). The largest absolute Gasteiger partial charge is 0.395 e. The predicted molar refractivity (Wildman–Crippen MR) is 62.7 cm³/mol. The lowest BCUT2D eigenvalue weighted by molar-refractivity contribution is 0.0899. The molecule has 0 aromatic heterocycles. The van der Waals surface area contributed by atoms with E-state index in [1.165, 1.54) is 19.3 Å². The summed E-state index contributed by atoms with van der Waals surface area (Å²) < 4.78 is 0. The van der Waals surface area contributed by atoms with Gasteiger partial charge in [-0.2, -0.15) is 0 Å². The molecule has 0 amide bonds. The maximum atomic E-state index is 9.16. The molecule has 2 fully saturated rings. The van der Waals surface area contributed by atoms with Gasteiger partial charge in [-0.3, -0.25) is 0 Å². The lowest BCUT2D eigenvalue weighted by Gasteiger charge is -2.44. The molecule has 0 heterocycles. The lowest BCUT2D eigenvalue weighted by atomic mass is 9.68. The van der Waals surface area contributed by atoms with Gasteiger partial charge in [-0.25, -0.2) is 0 Å². The molecule has 0 aromatic carbocycles. The molecule has 2 nitrogen and oxygen atoms in total. The Morgan fingerprint density at radius 1 is 1.40 bits per heavy atom. The summed E-state index contributed by atoms with van der Waals surface area (Å²) in [6, 6.07) is 0.802. The molecule has 0 aliphatic heterocycles. The molecule has 0 saturated heterocycles. The van der Waals surface area contributed by atoms with Gasteiger partial charge < -0.3 is 10.4 Å². The number of fused-ring (bicyclic) bond motifs is 2. The van der Waals surface area contributed by atoms with Crippen LogP contribution in [0.3, 0.4) is 0 Å². The molecule has 2 N–H and O–H groups in total. The van der Waals surface area contributed by atoms with Crippen molar-refractivity contribution in [1.29, 1.82) is 0 Å². The third-order valence-electron chi connectivity index (χ3n) is 4.99. The Bertz CT molecular complexity index is 246. The maximum Gasteiger partial charge on any atom is 0.0582 e. The second-order valence-electron chi connectivity index (χ2n) is 6.60. The monoisotopic (exact) mass is 211 g/mol. The summed E-state index contributed by atoms with van der Waals surface area (Å²) in [5, 5.41) is 12.8. The predicted octanol–water partition coefficient (Wildman–Crippen LogP) is 2.17. The summed E-state index contributed by atoms with van der Waals surface area (Å²) in [7, 11) is 0. The minimum absolute atomic E-state index is 0.227. The van der Waals surface area contributed by atoms with Crippen LogP contribution in [0.2, 0.25) is 0 Å². The van der Waals surface area contributed by atoms with Gasteiger partial charge in [-0.1, -0.05) is 20.8 Å². The lowest BCUT2D eigenvalue weighted by Crippen LogP contribution is -2.53. The second-order valence-corrected chi connectivity index (χ2v) is 6.60. The zero-order valence-corrected chi connectivity index (χ0v) is 10.5.